The molecule has 3 aliphatic rings. The van der Waals surface area contributed by atoms with Gasteiger partial charge in [-0.1, -0.05) is 6.92 Å². The molecule has 1 aromatic heterocycles. The molecule has 1 N–H and O–H groups in total. The molecule has 0 aliphatic carbocycles. The Balaban J connectivity index is 1.31. The Bertz CT molecular complexity index is 925. The number of carbonyl (C=O) groups excluding carboxylic acids is 1. The Hall–Kier alpha value is -1.00. The summed E-state index contributed by atoms with van der Waals surface area (Å²) < 4.78 is 31.5. The number of carbonyl (C=O) groups is 1. The Morgan fingerprint density at radius 2 is 2.16 bits per heavy atom. The highest BCUT2D eigenvalue weighted by molar-refractivity contribution is 7.88. The Morgan fingerprint density at radius 1 is 1.42 bits per heavy atom. The van der Waals surface area contributed by atoms with E-state index in [1.54, 1.807) is 11.8 Å². The van der Waals surface area contributed by atoms with Crippen LogP contribution in [0.5, 0.6) is 0 Å². The van der Waals surface area contributed by atoms with Gasteiger partial charge in [0.25, 0.3) is 0 Å². The van der Waals surface area contributed by atoms with Crippen molar-refractivity contribution >= 4 is 27.3 Å². The van der Waals surface area contributed by atoms with Gasteiger partial charge in [-0.2, -0.15) is 0 Å². The van der Waals surface area contributed by atoms with E-state index in [2.05, 4.69) is 29.5 Å². The number of hydrogen-bond acceptors (Lipinski definition) is 6. The first-order chi connectivity index (χ1) is 14.6. The first-order valence-corrected chi connectivity index (χ1v) is 14.1. The number of nitrogens with one attached hydrogen (secondary N) is 1. The number of aryl methyl sites for hydroxylation is 1. The highest BCUT2D eigenvalue weighted by Gasteiger charge is 2.45. The second-order valence-electron chi connectivity index (χ2n) is 9.51. The number of nitrogens with zero attached hydrogens (tertiary/aromatic N) is 2. The van der Waals surface area contributed by atoms with E-state index >= 15 is 0 Å². The zero-order chi connectivity index (χ0) is 22.4. The number of sulfonamides is 1. The molecule has 4 heterocycles. The van der Waals surface area contributed by atoms with Crippen LogP contribution in [-0.4, -0.2) is 75.3 Å². The lowest BCUT2D eigenvalue weighted by atomic mass is 9.79. The van der Waals surface area contributed by atoms with Gasteiger partial charge in [0.05, 0.1) is 24.5 Å². The lowest BCUT2D eigenvalue weighted by Gasteiger charge is -2.50. The average Bonchev–Trinajstić information content (AvgIpc) is 3.09. The molecule has 0 radical (unpaired) electrons. The van der Waals surface area contributed by atoms with E-state index in [-0.39, 0.29) is 11.5 Å². The van der Waals surface area contributed by atoms with Crippen molar-refractivity contribution in [2.24, 2.45) is 5.92 Å². The van der Waals surface area contributed by atoms with Gasteiger partial charge in [-0.05, 0) is 44.7 Å². The van der Waals surface area contributed by atoms with Crippen LogP contribution in [0.15, 0.2) is 6.07 Å². The van der Waals surface area contributed by atoms with Crippen molar-refractivity contribution in [3.63, 3.8) is 0 Å². The third kappa shape index (κ3) is 4.85. The molecule has 1 amide bonds. The number of rotatable bonds is 6. The number of likely N-dealkylation sites (tertiary alicyclic amines) is 2. The molecule has 9 heteroatoms. The van der Waals surface area contributed by atoms with E-state index in [9.17, 15) is 13.2 Å². The lowest BCUT2D eigenvalue weighted by molar-refractivity contribution is -0.141. The van der Waals surface area contributed by atoms with Gasteiger partial charge < -0.3 is 14.5 Å². The summed E-state index contributed by atoms with van der Waals surface area (Å²) in [5.74, 6) is 0.307. The van der Waals surface area contributed by atoms with Gasteiger partial charge in [0.2, 0.25) is 15.9 Å². The Kier molecular flexibility index (Phi) is 6.53. The van der Waals surface area contributed by atoms with Crippen LogP contribution < -0.4 is 4.72 Å². The number of hydrogen-bond donors (Lipinski definition) is 1. The van der Waals surface area contributed by atoms with Crippen molar-refractivity contribution in [2.75, 3.05) is 39.0 Å². The minimum atomic E-state index is -3.38. The molecule has 1 spiro atoms. The first kappa shape index (κ1) is 23.2. The number of thiophene rings is 1. The zero-order valence-corrected chi connectivity index (χ0v) is 20.7. The quantitative estimate of drug-likeness (QED) is 0.689. The van der Waals surface area contributed by atoms with Crippen molar-refractivity contribution < 1.29 is 17.9 Å². The van der Waals surface area contributed by atoms with Crippen LogP contribution in [0.2, 0.25) is 0 Å². The topological polar surface area (TPSA) is 79.0 Å². The summed E-state index contributed by atoms with van der Waals surface area (Å²) in [6.07, 6.45) is 5.25. The maximum atomic E-state index is 12.4. The molecule has 3 atom stereocenters. The monoisotopic (exact) mass is 469 g/mol. The predicted molar refractivity (Wildman–Crippen MR) is 123 cm³/mol. The predicted octanol–water partition coefficient (Wildman–Crippen LogP) is 1.96. The van der Waals surface area contributed by atoms with Crippen LogP contribution >= 0.6 is 11.3 Å². The molecule has 3 aliphatic heterocycles. The van der Waals surface area contributed by atoms with Crippen molar-refractivity contribution in [1.29, 1.82) is 0 Å². The summed E-state index contributed by atoms with van der Waals surface area (Å²) in [5.41, 5.74) is 1.32. The average molecular weight is 470 g/mol. The maximum absolute atomic E-state index is 12.4. The molecule has 0 saturated carbocycles. The van der Waals surface area contributed by atoms with Gasteiger partial charge in [0.15, 0.2) is 0 Å². The smallest absolute Gasteiger partial charge is 0.240 e. The lowest BCUT2D eigenvalue weighted by Crippen LogP contribution is -2.60. The SMILES string of the molecule is CCc1cc2c(s1)CCO[C@@]21CCN(CC2CN(C(=O)[C@@H](C)NS(C)(=O)=O)C2)[C@@H](C)C1. The van der Waals surface area contributed by atoms with Crippen LogP contribution in [0.4, 0.5) is 0 Å². The summed E-state index contributed by atoms with van der Waals surface area (Å²) in [6, 6.07) is 2.11. The second-order valence-corrected chi connectivity index (χ2v) is 12.5. The molecule has 2 fully saturated rings. The highest BCUT2D eigenvalue weighted by atomic mass is 32.2. The minimum absolute atomic E-state index is 0.123. The number of piperidine rings is 1. The van der Waals surface area contributed by atoms with Crippen molar-refractivity contribution in [1.82, 2.24) is 14.5 Å². The van der Waals surface area contributed by atoms with Crippen LogP contribution in [0, 0.1) is 5.92 Å². The molecule has 7 nitrogen and oxygen atoms in total. The number of ether oxygens (including phenoxy) is 1. The molecule has 1 aromatic rings. The van der Waals surface area contributed by atoms with Crippen molar-refractivity contribution in [2.45, 2.75) is 64.1 Å². The summed E-state index contributed by atoms with van der Waals surface area (Å²) >= 11 is 1.96. The van der Waals surface area contributed by atoms with Crippen LogP contribution in [-0.2, 0) is 38.0 Å². The molecular weight excluding hydrogens is 434 g/mol. The fraction of sp³-hybridized carbons (Fsp3) is 0.773. The summed E-state index contributed by atoms with van der Waals surface area (Å²) in [4.78, 5) is 19.7. The van der Waals surface area contributed by atoms with Crippen LogP contribution in [0.25, 0.3) is 0 Å². The Labute approximate surface area is 190 Å². The minimum Gasteiger partial charge on any atom is -0.370 e. The molecule has 31 heavy (non-hydrogen) atoms. The van der Waals surface area contributed by atoms with Gasteiger partial charge in [-0.25, -0.2) is 13.1 Å². The fourth-order valence-corrected chi connectivity index (χ4v) is 7.31. The van der Waals surface area contributed by atoms with Gasteiger partial charge in [-0.3, -0.25) is 4.79 Å². The van der Waals surface area contributed by atoms with E-state index in [0.717, 1.165) is 51.6 Å². The van der Waals surface area contributed by atoms with E-state index < -0.39 is 16.1 Å². The van der Waals surface area contributed by atoms with E-state index in [1.807, 2.05) is 11.3 Å². The highest BCUT2D eigenvalue weighted by Crippen LogP contribution is 2.46. The largest absolute Gasteiger partial charge is 0.370 e. The van der Waals surface area contributed by atoms with E-state index in [0.29, 0.717) is 25.0 Å². The fourth-order valence-electron chi connectivity index (χ4n) is 5.39. The van der Waals surface area contributed by atoms with Crippen molar-refractivity contribution in [3.05, 3.63) is 21.4 Å². The summed E-state index contributed by atoms with van der Waals surface area (Å²) in [7, 11) is -3.38. The van der Waals surface area contributed by atoms with Crippen molar-refractivity contribution in [3.8, 4) is 0 Å². The summed E-state index contributed by atoms with van der Waals surface area (Å²) in [6.45, 7) is 10.3. The third-order valence-electron chi connectivity index (χ3n) is 6.98. The number of amides is 1. The van der Waals surface area contributed by atoms with Crippen LogP contribution in [0.1, 0.15) is 48.9 Å². The first-order valence-electron chi connectivity index (χ1n) is 11.4. The molecule has 0 aromatic carbocycles. The molecular formula is C22H35N3O4S2. The van der Waals surface area contributed by atoms with Gasteiger partial charge >= 0.3 is 0 Å². The molecule has 4 rings (SSSR count). The van der Waals surface area contributed by atoms with Gasteiger partial charge in [0, 0.05) is 54.3 Å². The normalized spacial score (nSPS) is 28.4. The molecule has 0 unspecified atom stereocenters. The molecule has 0 bridgehead atoms. The standard InChI is InChI=1S/C22H35N3O4S2/c1-5-18-10-19-20(30-18)6-9-29-22(19)7-8-24(15(2)11-22)12-17-13-25(14-17)21(26)16(3)23-31(4,27)28/h10,15-17,23H,5-9,11-14H2,1-4H3/t15-,16+,22+/m0/s1. The number of fused-ring (bicyclic) bond motifs is 2. The molecule has 2 saturated heterocycles. The van der Waals surface area contributed by atoms with E-state index in [1.165, 1.54) is 15.3 Å². The van der Waals surface area contributed by atoms with E-state index in [4.69, 9.17) is 4.74 Å². The Morgan fingerprint density at radius 3 is 2.81 bits per heavy atom. The third-order valence-corrected chi connectivity index (χ3v) is 9.10. The van der Waals surface area contributed by atoms with Crippen LogP contribution in [0.3, 0.4) is 0 Å². The maximum Gasteiger partial charge on any atom is 0.240 e. The second kappa shape index (κ2) is 8.74. The zero-order valence-electron chi connectivity index (χ0n) is 19.0. The van der Waals surface area contributed by atoms with Gasteiger partial charge in [0.1, 0.15) is 0 Å². The molecule has 174 valence electrons. The summed E-state index contributed by atoms with van der Waals surface area (Å²) in [5, 5.41) is 0. The van der Waals surface area contributed by atoms with Gasteiger partial charge in [-0.15, -0.1) is 11.3 Å².